The normalized spacial score (nSPS) is 12.6. The molecule has 13 heavy (non-hydrogen) atoms. The van der Waals surface area contributed by atoms with E-state index < -0.39 is 0 Å². The Labute approximate surface area is 85.2 Å². The van der Waals surface area contributed by atoms with Gasteiger partial charge in [0, 0.05) is 6.54 Å². The fraction of sp³-hybridized carbons (Fsp3) is 0.700. The second-order valence-corrected chi connectivity index (χ2v) is 4.78. The minimum absolute atomic E-state index is 0.0438. The molecule has 0 aromatic heterocycles. The van der Waals surface area contributed by atoms with Gasteiger partial charge in [-0.05, 0) is 18.6 Å². The van der Waals surface area contributed by atoms with Crippen LogP contribution in [0.25, 0.3) is 0 Å². The molecule has 0 aliphatic carbocycles. The fourth-order valence-corrected chi connectivity index (χ4v) is 1.64. The molecular formula is C10H19NOS. The molecule has 0 saturated carbocycles. The standard InChI is InChI=1S/C10H19NOS/c1-5-6-11-10(12)9(4)13-7-8(2)3/h5,8-9H,1,6-7H2,2-4H3,(H,11,12). The van der Waals surface area contributed by atoms with Crippen molar-refractivity contribution >= 4 is 17.7 Å². The summed E-state index contributed by atoms with van der Waals surface area (Å²) in [7, 11) is 0. The summed E-state index contributed by atoms with van der Waals surface area (Å²) in [4.78, 5) is 11.3. The zero-order valence-electron chi connectivity index (χ0n) is 8.67. The summed E-state index contributed by atoms with van der Waals surface area (Å²) in [6, 6.07) is 0. The van der Waals surface area contributed by atoms with E-state index in [9.17, 15) is 4.79 Å². The smallest absolute Gasteiger partial charge is 0.233 e. The summed E-state index contributed by atoms with van der Waals surface area (Å²) in [6.45, 7) is 10.3. The highest BCUT2D eigenvalue weighted by molar-refractivity contribution is 8.00. The van der Waals surface area contributed by atoms with Gasteiger partial charge in [0.2, 0.25) is 5.91 Å². The molecule has 1 amide bonds. The van der Waals surface area contributed by atoms with Crippen molar-refractivity contribution in [2.45, 2.75) is 26.0 Å². The fourth-order valence-electron chi connectivity index (χ4n) is 0.729. The molecule has 0 saturated heterocycles. The third kappa shape index (κ3) is 6.70. The zero-order chi connectivity index (χ0) is 10.3. The van der Waals surface area contributed by atoms with Crippen LogP contribution in [0.5, 0.6) is 0 Å². The Bertz CT molecular complexity index is 168. The monoisotopic (exact) mass is 201 g/mol. The van der Waals surface area contributed by atoms with Crippen molar-refractivity contribution < 1.29 is 4.79 Å². The summed E-state index contributed by atoms with van der Waals surface area (Å²) < 4.78 is 0. The van der Waals surface area contributed by atoms with E-state index in [-0.39, 0.29) is 11.2 Å². The minimum atomic E-state index is 0.0438. The average molecular weight is 201 g/mol. The maximum absolute atomic E-state index is 11.3. The van der Waals surface area contributed by atoms with Crippen molar-refractivity contribution in [2.24, 2.45) is 5.92 Å². The molecule has 76 valence electrons. The van der Waals surface area contributed by atoms with E-state index in [1.165, 1.54) is 0 Å². The van der Waals surface area contributed by atoms with Gasteiger partial charge in [0.25, 0.3) is 0 Å². The molecule has 0 aromatic carbocycles. The summed E-state index contributed by atoms with van der Waals surface area (Å²) in [6.07, 6.45) is 1.69. The Balaban J connectivity index is 3.62. The molecule has 2 nitrogen and oxygen atoms in total. The molecule has 0 aliphatic rings. The molecule has 0 aromatic rings. The average Bonchev–Trinajstić information content (AvgIpc) is 2.10. The first-order valence-corrected chi connectivity index (χ1v) is 5.63. The first kappa shape index (κ1) is 12.6. The molecule has 1 atom stereocenters. The second kappa shape index (κ2) is 7.01. The van der Waals surface area contributed by atoms with Gasteiger partial charge in [0.1, 0.15) is 0 Å². The van der Waals surface area contributed by atoms with Crippen molar-refractivity contribution in [1.82, 2.24) is 5.32 Å². The minimum Gasteiger partial charge on any atom is -0.352 e. The van der Waals surface area contributed by atoms with Crippen LogP contribution in [0.3, 0.4) is 0 Å². The van der Waals surface area contributed by atoms with Gasteiger partial charge in [-0.2, -0.15) is 0 Å². The highest BCUT2D eigenvalue weighted by atomic mass is 32.2. The van der Waals surface area contributed by atoms with Crippen LogP contribution in [0.15, 0.2) is 12.7 Å². The van der Waals surface area contributed by atoms with Crippen LogP contribution in [0.1, 0.15) is 20.8 Å². The van der Waals surface area contributed by atoms with Gasteiger partial charge in [-0.1, -0.05) is 19.9 Å². The van der Waals surface area contributed by atoms with E-state index in [0.29, 0.717) is 12.5 Å². The molecular weight excluding hydrogens is 182 g/mol. The molecule has 1 unspecified atom stereocenters. The van der Waals surface area contributed by atoms with E-state index in [2.05, 4.69) is 25.7 Å². The van der Waals surface area contributed by atoms with E-state index in [1.54, 1.807) is 17.8 Å². The molecule has 0 radical (unpaired) electrons. The maximum atomic E-state index is 11.3. The third-order valence-corrected chi connectivity index (χ3v) is 3.04. The Morgan fingerprint density at radius 3 is 2.62 bits per heavy atom. The lowest BCUT2D eigenvalue weighted by Crippen LogP contribution is -2.31. The lowest BCUT2D eigenvalue weighted by atomic mass is 10.3. The lowest BCUT2D eigenvalue weighted by Gasteiger charge is -2.11. The van der Waals surface area contributed by atoms with Crippen LogP contribution >= 0.6 is 11.8 Å². The van der Waals surface area contributed by atoms with E-state index >= 15 is 0 Å². The predicted molar refractivity (Wildman–Crippen MR) is 60.0 cm³/mol. The van der Waals surface area contributed by atoms with Crippen molar-refractivity contribution in [1.29, 1.82) is 0 Å². The van der Waals surface area contributed by atoms with Crippen LogP contribution in [0.4, 0.5) is 0 Å². The molecule has 0 rings (SSSR count). The Morgan fingerprint density at radius 1 is 1.54 bits per heavy atom. The van der Waals surface area contributed by atoms with Gasteiger partial charge < -0.3 is 5.32 Å². The van der Waals surface area contributed by atoms with Crippen LogP contribution in [0.2, 0.25) is 0 Å². The summed E-state index contributed by atoms with van der Waals surface area (Å²) >= 11 is 1.70. The topological polar surface area (TPSA) is 29.1 Å². The maximum Gasteiger partial charge on any atom is 0.233 e. The van der Waals surface area contributed by atoms with Crippen LogP contribution in [0, 0.1) is 5.92 Å². The second-order valence-electron chi connectivity index (χ2n) is 3.40. The number of hydrogen-bond acceptors (Lipinski definition) is 2. The summed E-state index contributed by atoms with van der Waals surface area (Å²) in [5.41, 5.74) is 0. The highest BCUT2D eigenvalue weighted by Crippen LogP contribution is 2.14. The van der Waals surface area contributed by atoms with E-state index in [1.807, 2.05) is 6.92 Å². The number of carbonyl (C=O) groups excluding carboxylic acids is 1. The van der Waals surface area contributed by atoms with Crippen LogP contribution in [-0.4, -0.2) is 23.5 Å². The molecule has 0 fully saturated rings. The van der Waals surface area contributed by atoms with Crippen molar-refractivity contribution in [2.75, 3.05) is 12.3 Å². The number of rotatable bonds is 6. The van der Waals surface area contributed by atoms with Gasteiger partial charge in [-0.3, -0.25) is 4.79 Å². The molecule has 0 heterocycles. The van der Waals surface area contributed by atoms with Crippen molar-refractivity contribution in [3.63, 3.8) is 0 Å². The number of thioether (sulfide) groups is 1. The summed E-state index contributed by atoms with van der Waals surface area (Å²) in [5.74, 6) is 1.77. The zero-order valence-corrected chi connectivity index (χ0v) is 9.49. The van der Waals surface area contributed by atoms with Gasteiger partial charge in [0.15, 0.2) is 0 Å². The number of amides is 1. The molecule has 0 spiro atoms. The van der Waals surface area contributed by atoms with Crippen LogP contribution in [-0.2, 0) is 4.79 Å². The Hall–Kier alpha value is -0.440. The predicted octanol–water partition coefficient (Wildman–Crippen LogP) is 2.07. The molecule has 1 N–H and O–H groups in total. The number of hydrogen-bond donors (Lipinski definition) is 1. The van der Waals surface area contributed by atoms with E-state index in [4.69, 9.17) is 0 Å². The van der Waals surface area contributed by atoms with E-state index in [0.717, 1.165) is 5.75 Å². The molecule has 3 heteroatoms. The molecule has 0 bridgehead atoms. The van der Waals surface area contributed by atoms with Gasteiger partial charge >= 0.3 is 0 Å². The van der Waals surface area contributed by atoms with Gasteiger partial charge in [-0.25, -0.2) is 0 Å². The third-order valence-electron chi connectivity index (χ3n) is 1.47. The van der Waals surface area contributed by atoms with Crippen molar-refractivity contribution in [3.05, 3.63) is 12.7 Å². The number of carbonyl (C=O) groups is 1. The molecule has 0 aliphatic heterocycles. The quantitative estimate of drug-likeness (QED) is 0.667. The summed E-state index contributed by atoms with van der Waals surface area (Å²) in [5, 5.41) is 2.82. The number of nitrogens with one attached hydrogen (secondary N) is 1. The largest absolute Gasteiger partial charge is 0.352 e. The van der Waals surface area contributed by atoms with Crippen molar-refractivity contribution in [3.8, 4) is 0 Å². The lowest BCUT2D eigenvalue weighted by molar-refractivity contribution is -0.120. The van der Waals surface area contributed by atoms with Gasteiger partial charge in [-0.15, -0.1) is 18.3 Å². The highest BCUT2D eigenvalue weighted by Gasteiger charge is 2.12. The van der Waals surface area contributed by atoms with Gasteiger partial charge in [0.05, 0.1) is 5.25 Å². The Kier molecular flexibility index (Phi) is 6.77. The van der Waals surface area contributed by atoms with Crippen LogP contribution < -0.4 is 5.32 Å². The first-order valence-electron chi connectivity index (χ1n) is 4.58. The SMILES string of the molecule is C=CCNC(=O)C(C)SCC(C)C. The Morgan fingerprint density at radius 2 is 2.15 bits per heavy atom. The first-order chi connectivity index (χ1) is 6.07.